The van der Waals surface area contributed by atoms with Gasteiger partial charge in [-0.1, -0.05) is 48.5 Å². The Balaban J connectivity index is 1.61. The summed E-state index contributed by atoms with van der Waals surface area (Å²) in [5.74, 6) is 0.0118. The van der Waals surface area contributed by atoms with Gasteiger partial charge in [0.15, 0.2) is 0 Å². The Hall–Kier alpha value is -3.25. The molecule has 0 atom stereocenters. The van der Waals surface area contributed by atoms with E-state index < -0.39 is 0 Å². The van der Waals surface area contributed by atoms with Crippen LogP contribution in [0.25, 0.3) is 22.2 Å². The monoisotopic (exact) mass is 388 g/mol. The zero-order valence-electron chi connectivity index (χ0n) is 16.5. The molecule has 0 spiro atoms. The number of hydrogen-bond donors (Lipinski definition) is 1. The van der Waals surface area contributed by atoms with Crippen molar-refractivity contribution in [3.05, 3.63) is 66.2 Å². The highest BCUT2D eigenvalue weighted by Crippen LogP contribution is 2.26. The minimum Gasteiger partial charge on any atom is -0.358 e. The standard InChI is InChI=1S/C23H24N4O2/c1-24-22(28)16-26-11-13-27(14-12-26)23(29)19-15-21(17-7-3-2-4-8-17)25-20-10-6-5-9-18(19)20/h2-10,15H,11-14,16H2,1H3,(H,24,28). The van der Waals surface area contributed by atoms with Gasteiger partial charge in [-0.2, -0.15) is 0 Å². The first kappa shape index (κ1) is 19.1. The molecule has 0 saturated carbocycles. The maximum atomic E-state index is 13.4. The fraction of sp³-hybridized carbons (Fsp3) is 0.261. The van der Waals surface area contributed by atoms with Gasteiger partial charge < -0.3 is 10.2 Å². The molecular weight excluding hydrogens is 364 g/mol. The van der Waals surface area contributed by atoms with Crippen LogP contribution in [-0.2, 0) is 4.79 Å². The summed E-state index contributed by atoms with van der Waals surface area (Å²) >= 11 is 0. The van der Waals surface area contributed by atoms with Crippen LogP contribution in [0.4, 0.5) is 0 Å². The van der Waals surface area contributed by atoms with Gasteiger partial charge in [0, 0.05) is 44.2 Å². The van der Waals surface area contributed by atoms with Crippen molar-refractivity contribution in [3.63, 3.8) is 0 Å². The lowest BCUT2D eigenvalue weighted by Crippen LogP contribution is -2.50. The lowest BCUT2D eigenvalue weighted by atomic mass is 10.0. The maximum absolute atomic E-state index is 13.4. The average molecular weight is 388 g/mol. The van der Waals surface area contributed by atoms with E-state index in [4.69, 9.17) is 4.98 Å². The number of fused-ring (bicyclic) bond motifs is 1. The Labute approximate surface area is 170 Å². The van der Waals surface area contributed by atoms with Gasteiger partial charge in [0.2, 0.25) is 5.91 Å². The van der Waals surface area contributed by atoms with Gasteiger partial charge in [-0.05, 0) is 12.1 Å². The largest absolute Gasteiger partial charge is 0.358 e. The average Bonchev–Trinajstić information content (AvgIpc) is 2.79. The molecular formula is C23H24N4O2. The molecule has 0 aliphatic carbocycles. The van der Waals surface area contributed by atoms with Crippen LogP contribution in [0.15, 0.2) is 60.7 Å². The second-order valence-electron chi connectivity index (χ2n) is 7.18. The Morgan fingerprint density at radius 3 is 2.38 bits per heavy atom. The lowest BCUT2D eigenvalue weighted by molar-refractivity contribution is -0.122. The van der Waals surface area contributed by atoms with Crippen LogP contribution in [0.5, 0.6) is 0 Å². The summed E-state index contributed by atoms with van der Waals surface area (Å²) < 4.78 is 0. The third-order valence-electron chi connectivity index (χ3n) is 5.32. The van der Waals surface area contributed by atoms with Crippen molar-refractivity contribution in [1.29, 1.82) is 0 Å². The van der Waals surface area contributed by atoms with E-state index in [-0.39, 0.29) is 11.8 Å². The first-order chi connectivity index (χ1) is 14.2. The van der Waals surface area contributed by atoms with Crippen molar-refractivity contribution in [3.8, 4) is 11.3 Å². The number of aromatic nitrogens is 1. The molecule has 0 bridgehead atoms. The summed E-state index contributed by atoms with van der Waals surface area (Å²) in [5, 5.41) is 3.51. The second-order valence-corrected chi connectivity index (χ2v) is 7.18. The molecule has 1 saturated heterocycles. The first-order valence-electron chi connectivity index (χ1n) is 9.83. The molecule has 6 heteroatoms. The van der Waals surface area contributed by atoms with Crippen molar-refractivity contribution in [2.24, 2.45) is 0 Å². The highest BCUT2D eigenvalue weighted by atomic mass is 16.2. The van der Waals surface area contributed by atoms with E-state index in [1.807, 2.05) is 65.6 Å². The van der Waals surface area contributed by atoms with Crippen molar-refractivity contribution >= 4 is 22.7 Å². The molecule has 2 amide bonds. The van der Waals surface area contributed by atoms with Crippen LogP contribution >= 0.6 is 0 Å². The first-order valence-corrected chi connectivity index (χ1v) is 9.83. The Morgan fingerprint density at radius 2 is 1.66 bits per heavy atom. The molecule has 2 heterocycles. The predicted molar refractivity (Wildman–Crippen MR) is 114 cm³/mol. The summed E-state index contributed by atoms with van der Waals surface area (Å²) in [7, 11) is 1.64. The van der Waals surface area contributed by atoms with Crippen molar-refractivity contribution in [2.75, 3.05) is 39.8 Å². The van der Waals surface area contributed by atoms with E-state index in [9.17, 15) is 9.59 Å². The smallest absolute Gasteiger partial charge is 0.254 e. The number of rotatable bonds is 4. The molecule has 1 aromatic heterocycles. The number of likely N-dealkylation sites (N-methyl/N-ethyl adjacent to an activating group) is 1. The van der Waals surface area contributed by atoms with Gasteiger partial charge in [-0.15, -0.1) is 0 Å². The van der Waals surface area contributed by atoms with Gasteiger partial charge in [0.05, 0.1) is 23.3 Å². The van der Waals surface area contributed by atoms with Crippen molar-refractivity contribution < 1.29 is 9.59 Å². The van der Waals surface area contributed by atoms with E-state index in [1.165, 1.54) is 0 Å². The van der Waals surface area contributed by atoms with Gasteiger partial charge in [-0.25, -0.2) is 4.98 Å². The van der Waals surface area contributed by atoms with Crippen LogP contribution in [0.2, 0.25) is 0 Å². The molecule has 1 N–H and O–H groups in total. The molecule has 2 aromatic carbocycles. The number of pyridine rings is 1. The van der Waals surface area contributed by atoms with E-state index in [1.54, 1.807) is 7.05 Å². The Bertz CT molecular complexity index is 1030. The van der Waals surface area contributed by atoms with E-state index in [2.05, 4.69) is 10.2 Å². The lowest BCUT2D eigenvalue weighted by Gasteiger charge is -2.34. The zero-order chi connectivity index (χ0) is 20.2. The zero-order valence-corrected chi connectivity index (χ0v) is 16.5. The summed E-state index contributed by atoms with van der Waals surface area (Å²) in [6.07, 6.45) is 0. The molecule has 0 radical (unpaired) electrons. The fourth-order valence-corrected chi connectivity index (χ4v) is 3.67. The minimum absolute atomic E-state index is 0.00240. The second kappa shape index (κ2) is 8.41. The number of piperazine rings is 1. The van der Waals surface area contributed by atoms with Gasteiger partial charge >= 0.3 is 0 Å². The van der Waals surface area contributed by atoms with E-state index in [0.29, 0.717) is 38.3 Å². The van der Waals surface area contributed by atoms with Crippen LogP contribution in [0, 0.1) is 0 Å². The van der Waals surface area contributed by atoms with Gasteiger partial charge in [-0.3, -0.25) is 14.5 Å². The number of nitrogens with zero attached hydrogens (tertiary/aromatic N) is 3. The summed E-state index contributed by atoms with van der Waals surface area (Å²) in [5.41, 5.74) is 3.28. The molecule has 1 fully saturated rings. The Kier molecular flexibility index (Phi) is 5.53. The number of amides is 2. The third kappa shape index (κ3) is 4.12. The van der Waals surface area contributed by atoms with E-state index >= 15 is 0 Å². The fourth-order valence-electron chi connectivity index (χ4n) is 3.67. The topological polar surface area (TPSA) is 65.5 Å². The molecule has 148 valence electrons. The summed E-state index contributed by atoms with van der Waals surface area (Å²) in [6.45, 7) is 2.95. The highest BCUT2D eigenvalue weighted by Gasteiger charge is 2.25. The van der Waals surface area contributed by atoms with Crippen LogP contribution in [0.1, 0.15) is 10.4 Å². The highest BCUT2D eigenvalue weighted by molar-refractivity contribution is 6.07. The molecule has 1 aliphatic heterocycles. The molecule has 29 heavy (non-hydrogen) atoms. The van der Waals surface area contributed by atoms with Gasteiger partial charge in [0.25, 0.3) is 5.91 Å². The quantitative estimate of drug-likeness (QED) is 0.745. The van der Waals surface area contributed by atoms with Crippen LogP contribution < -0.4 is 5.32 Å². The number of carbonyl (C=O) groups excluding carboxylic acids is 2. The van der Waals surface area contributed by atoms with Crippen LogP contribution in [0.3, 0.4) is 0 Å². The van der Waals surface area contributed by atoms with Crippen LogP contribution in [-0.4, -0.2) is 66.4 Å². The molecule has 6 nitrogen and oxygen atoms in total. The molecule has 1 aliphatic rings. The number of hydrogen-bond acceptors (Lipinski definition) is 4. The van der Waals surface area contributed by atoms with Crippen molar-refractivity contribution in [2.45, 2.75) is 0 Å². The predicted octanol–water partition coefficient (Wildman–Crippen LogP) is 2.41. The SMILES string of the molecule is CNC(=O)CN1CCN(C(=O)c2cc(-c3ccccc3)nc3ccccc23)CC1. The molecule has 3 aromatic rings. The normalized spacial score (nSPS) is 14.7. The molecule has 0 unspecified atom stereocenters. The van der Waals surface area contributed by atoms with E-state index in [0.717, 1.165) is 22.2 Å². The van der Waals surface area contributed by atoms with Crippen molar-refractivity contribution in [1.82, 2.24) is 20.1 Å². The third-order valence-corrected chi connectivity index (χ3v) is 5.32. The minimum atomic E-state index is -0.00240. The number of nitrogens with one attached hydrogen (secondary N) is 1. The number of benzene rings is 2. The Morgan fingerprint density at radius 1 is 0.966 bits per heavy atom. The molecule has 4 rings (SSSR count). The number of carbonyl (C=O) groups is 2. The summed E-state index contributed by atoms with van der Waals surface area (Å²) in [6, 6.07) is 19.6. The van der Waals surface area contributed by atoms with Gasteiger partial charge in [0.1, 0.15) is 0 Å². The number of para-hydroxylation sites is 1. The summed E-state index contributed by atoms with van der Waals surface area (Å²) in [4.78, 5) is 33.7. The maximum Gasteiger partial charge on any atom is 0.254 e.